The van der Waals surface area contributed by atoms with E-state index in [0.29, 0.717) is 50.8 Å². The molecule has 1 N–H and O–H groups in total. The summed E-state index contributed by atoms with van der Waals surface area (Å²) in [5.41, 5.74) is 0.995. The molecule has 2 aromatic rings. The van der Waals surface area contributed by atoms with Crippen molar-refractivity contribution in [2.24, 2.45) is 0 Å². The van der Waals surface area contributed by atoms with E-state index < -0.39 is 10.0 Å². The molecule has 0 saturated carbocycles. The predicted molar refractivity (Wildman–Crippen MR) is 108 cm³/mol. The molecule has 2 heterocycles. The van der Waals surface area contributed by atoms with Gasteiger partial charge in [0.15, 0.2) is 16.5 Å². The first-order chi connectivity index (χ1) is 14.4. The minimum absolute atomic E-state index is 0.0163. The molecule has 11 heteroatoms. The van der Waals surface area contributed by atoms with Crippen LogP contribution in [-0.4, -0.2) is 75.2 Å². The summed E-state index contributed by atoms with van der Waals surface area (Å²) in [4.78, 5) is 16.2. The van der Waals surface area contributed by atoms with Gasteiger partial charge >= 0.3 is 0 Å². The van der Waals surface area contributed by atoms with Crippen LogP contribution >= 0.6 is 0 Å². The average molecular weight is 439 g/mol. The number of rotatable bonds is 9. The van der Waals surface area contributed by atoms with Gasteiger partial charge in [-0.15, -0.1) is 0 Å². The molecule has 10 nitrogen and oxygen atoms in total. The number of benzene rings is 1. The summed E-state index contributed by atoms with van der Waals surface area (Å²) < 4.78 is 43.6. The highest BCUT2D eigenvalue weighted by Crippen LogP contribution is 2.27. The lowest BCUT2D eigenvalue weighted by molar-refractivity contribution is -0.121. The third-order valence-corrected chi connectivity index (χ3v) is 6.48. The van der Waals surface area contributed by atoms with Crippen LogP contribution in [0.15, 0.2) is 35.7 Å². The first-order valence-corrected chi connectivity index (χ1v) is 11.0. The van der Waals surface area contributed by atoms with E-state index in [2.05, 4.69) is 10.3 Å². The lowest BCUT2D eigenvalue weighted by atomic mass is 10.1. The number of amides is 1. The number of hydrogen-bond acceptors (Lipinski definition) is 7. The molecule has 0 unspecified atom stereocenters. The molecule has 1 aromatic heterocycles. The highest BCUT2D eigenvalue weighted by atomic mass is 32.2. The summed E-state index contributed by atoms with van der Waals surface area (Å²) in [7, 11) is -0.528. The number of morpholine rings is 1. The van der Waals surface area contributed by atoms with Crippen molar-refractivity contribution in [1.29, 1.82) is 0 Å². The van der Waals surface area contributed by atoms with Crippen LogP contribution in [0.1, 0.15) is 5.56 Å². The van der Waals surface area contributed by atoms with Gasteiger partial charge in [0, 0.05) is 25.8 Å². The summed E-state index contributed by atoms with van der Waals surface area (Å²) >= 11 is 0. The first-order valence-electron chi connectivity index (χ1n) is 9.51. The van der Waals surface area contributed by atoms with Crippen molar-refractivity contribution < 1.29 is 27.4 Å². The molecular weight excluding hydrogens is 412 g/mol. The Bertz CT molecular complexity index is 969. The molecule has 1 aliphatic rings. The third kappa shape index (κ3) is 5.29. The number of imidazole rings is 1. The van der Waals surface area contributed by atoms with E-state index in [1.165, 1.54) is 21.4 Å². The maximum absolute atomic E-state index is 12.6. The SMILES string of the molecule is COc1ccc(CCNC(=O)Cn2cnc(S(=O)(=O)N3CCOCC3)c2)cc1OC. The Balaban J connectivity index is 1.51. The molecule has 0 atom stereocenters. The Morgan fingerprint density at radius 3 is 2.63 bits per heavy atom. The number of hydrogen-bond donors (Lipinski definition) is 1. The zero-order valence-electron chi connectivity index (χ0n) is 17.0. The lowest BCUT2D eigenvalue weighted by Gasteiger charge is -2.24. The quantitative estimate of drug-likeness (QED) is 0.598. The zero-order valence-corrected chi connectivity index (χ0v) is 17.9. The Hall–Kier alpha value is -2.63. The molecule has 1 saturated heterocycles. The van der Waals surface area contributed by atoms with Crippen molar-refractivity contribution >= 4 is 15.9 Å². The van der Waals surface area contributed by atoms with Crippen LogP contribution in [0.4, 0.5) is 0 Å². The van der Waals surface area contributed by atoms with Crippen molar-refractivity contribution in [2.45, 2.75) is 18.0 Å². The van der Waals surface area contributed by atoms with E-state index in [-0.39, 0.29) is 17.5 Å². The standard InChI is InChI=1S/C19H26N4O6S/c1-27-16-4-3-15(11-17(16)28-2)5-6-20-18(24)12-22-13-19(21-14-22)30(25,26)23-7-9-29-10-8-23/h3-4,11,13-14H,5-10,12H2,1-2H3,(H,20,24). The van der Waals surface area contributed by atoms with Crippen molar-refractivity contribution in [1.82, 2.24) is 19.2 Å². The summed E-state index contributed by atoms with van der Waals surface area (Å²) in [5, 5.41) is 2.75. The largest absolute Gasteiger partial charge is 0.493 e. The fourth-order valence-corrected chi connectivity index (χ4v) is 4.43. The normalized spacial score (nSPS) is 15.0. The molecule has 0 radical (unpaired) electrons. The van der Waals surface area contributed by atoms with Gasteiger partial charge in [-0.05, 0) is 24.1 Å². The molecule has 30 heavy (non-hydrogen) atoms. The first kappa shape index (κ1) is 22.1. The third-order valence-electron chi connectivity index (χ3n) is 4.69. The second-order valence-corrected chi connectivity index (χ2v) is 8.57. The highest BCUT2D eigenvalue weighted by molar-refractivity contribution is 7.89. The van der Waals surface area contributed by atoms with E-state index in [1.54, 1.807) is 14.2 Å². The Labute approximate surface area is 175 Å². The summed E-state index contributed by atoms with van der Waals surface area (Å²) in [6.07, 6.45) is 3.34. The van der Waals surface area contributed by atoms with Crippen LogP contribution < -0.4 is 14.8 Å². The minimum atomic E-state index is -3.67. The molecule has 164 valence electrons. The van der Waals surface area contributed by atoms with Gasteiger partial charge in [0.2, 0.25) is 5.91 Å². The molecule has 1 aliphatic heterocycles. The fraction of sp³-hybridized carbons (Fsp3) is 0.474. The zero-order chi connectivity index (χ0) is 21.6. The molecule has 1 aromatic carbocycles. The van der Waals surface area contributed by atoms with Crippen LogP contribution in [0.25, 0.3) is 0 Å². The number of ether oxygens (including phenoxy) is 3. The number of carbonyl (C=O) groups excluding carboxylic acids is 1. The van der Waals surface area contributed by atoms with E-state index in [9.17, 15) is 13.2 Å². The second-order valence-electron chi connectivity index (χ2n) is 6.69. The second kappa shape index (κ2) is 9.92. The van der Waals surface area contributed by atoms with Gasteiger partial charge in [-0.3, -0.25) is 4.79 Å². The van der Waals surface area contributed by atoms with Gasteiger partial charge in [-0.25, -0.2) is 13.4 Å². The van der Waals surface area contributed by atoms with E-state index >= 15 is 0 Å². The smallest absolute Gasteiger partial charge is 0.262 e. The number of sulfonamides is 1. The van der Waals surface area contributed by atoms with Crippen LogP contribution in [-0.2, 0) is 32.5 Å². The maximum atomic E-state index is 12.6. The molecule has 0 bridgehead atoms. The van der Waals surface area contributed by atoms with Crippen molar-refractivity contribution in [3.63, 3.8) is 0 Å². The van der Waals surface area contributed by atoms with E-state index in [4.69, 9.17) is 14.2 Å². The summed E-state index contributed by atoms with van der Waals surface area (Å²) in [6, 6.07) is 5.59. The highest BCUT2D eigenvalue weighted by Gasteiger charge is 2.28. The molecule has 3 rings (SSSR count). The van der Waals surface area contributed by atoms with Crippen LogP contribution in [0.3, 0.4) is 0 Å². The maximum Gasteiger partial charge on any atom is 0.262 e. The molecule has 1 fully saturated rings. The number of nitrogens with zero attached hydrogens (tertiary/aromatic N) is 3. The van der Waals surface area contributed by atoms with Crippen molar-refractivity contribution in [2.75, 3.05) is 47.1 Å². The number of methoxy groups -OCH3 is 2. The summed E-state index contributed by atoms with van der Waals surface area (Å²) in [5.74, 6) is 1.05. The van der Waals surface area contributed by atoms with Gasteiger partial charge in [0.05, 0.1) is 33.8 Å². The lowest BCUT2D eigenvalue weighted by Crippen LogP contribution is -2.40. The van der Waals surface area contributed by atoms with Gasteiger partial charge in [0.1, 0.15) is 6.54 Å². The molecule has 1 amide bonds. The van der Waals surface area contributed by atoms with Crippen molar-refractivity contribution in [3.8, 4) is 11.5 Å². The van der Waals surface area contributed by atoms with Crippen LogP contribution in [0.5, 0.6) is 11.5 Å². The Morgan fingerprint density at radius 1 is 1.20 bits per heavy atom. The van der Waals surface area contributed by atoms with Crippen molar-refractivity contribution in [3.05, 3.63) is 36.3 Å². The van der Waals surface area contributed by atoms with E-state index in [1.807, 2.05) is 18.2 Å². The van der Waals surface area contributed by atoms with E-state index in [0.717, 1.165) is 5.56 Å². The minimum Gasteiger partial charge on any atom is -0.493 e. The Morgan fingerprint density at radius 2 is 1.93 bits per heavy atom. The molecule has 0 spiro atoms. The Kier molecular flexibility index (Phi) is 7.29. The van der Waals surface area contributed by atoms with Gasteiger partial charge in [-0.1, -0.05) is 6.07 Å². The van der Waals surface area contributed by atoms with Crippen LogP contribution in [0.2, 0.25) is 0 Å². The molecule has 0 aliphatic carbocycles. The number of nitrogens with one attached hydrogen (secondary N) is 1. The van der Waals surface area contributed by atoms with Gasteiger partial charge < -0.3 is 24.1 Å². The monoisotopic (exact) mass is 438 g/mol. The van der Waals surface area contributed by atoms with Gasteiger partial charge in [0.25, 0.3) is 10.0 Å². The summed E-state index contributed by atoms with van der Waals surface area (Å²) in [6.45, 7) is 1.74. The predicted octanol–water partition coefficient (Wildman–Crippen LogP) is 0.280. The van der Waals surface area contributed by atoms with Gasteiger partial charge in [-0.2, -0.15) is 4.31 Å². The van der Waals surface area contributed by atoms with Crippen LogP contribution in [0, 0.1) is 0 Å². The number of aromatic nitrogens is 2. The fourth-order valence-electron chi connectivity index (χ4n) is 3.08. The topological polar surface area (TPSA) is 112 Å². The molecular formula is C19H26N4O6S. The number of carbonyl (C=O) groups is 1. The average Bonchev–Trinajstić information content (AvgIpc) is 3.23.